The van der Waals surface area contributed by atoms with E-state index < -0.39 is 0 Å². The number of piperidine rings is 1. The van der Waals surface area contributed by atoms with E-state index in [2.05, 4.69) is 23.8 Å². The lowest BCUT2D eigenvalue weighted by Crippen LogP contribution is -2.50. The molecule has 1 rings (SSSR count). The monoisotopic (exact) mass is 230 g/mol. The summed E-state index contributed by atoms with van der Waals surface area (Å²) in [5, 5.41) is 6.44. The van der Waals surface area contributed by atoms with Crippen LogP contribution in [-0.4, -0.2) is 37.0 Å². The molecule has 1 fully saturated rings. The normalized spacial score (nSPS) is 26.3. The van der Waals surface area contributed by atoms with Crippen LogP contribution in [0.15, 0.2) is 0 Å². The molecule has 1 saturated heterocycles. The minimum Gasteiger partial charge on any atom is -0.352 e. The minimum atomic E-state index is 0.213. The molecule has 4 heteroatoms. The number of carbonyl (C=O) groups excluding carboxylic acids is 1. The van der Waals surface area contributed by atoms with Gasteiger partial charge in [-0.15, -0.1) is 0 Å². The van der Waals surface area contributed by atoms with Gasteiger partial charge in [0.25, 0.3) is 0 Å². The van der Waals surface area contributed by atoms with Crippen LogP contribution in [0.3, 0.4) is 0 Å². The van der Waals surface area contributed by atoms with E-state index in [9.17, 15) is 4.79 Å². The molecule has 0 aromatic rings. The highest BCUT2D eigenvalue weighted by molar-refractivity contribution is 7.98. The van der Waals surface area contributed by atoms with Gasteiger partial charge in [-0.1, -0.05) is 6.92 Å². The molecule has 0 aliphatic carbocycles. The molecule has 1 heterocycles. The summed E-state index contributed by atoms with van der Waals surface area (Å²) in [5.41, 5.74) is 0. The average Bonchev–Trinajstić information content (AvgIpc) is 2.22. The highest BCUT2D eigenvalue weighted by atomic mass is 32.2. The molecule has 0 saturated carbocycles. The van der Waals surface area contributed by atoms with E-state index in [0.29, 0.717) is 18.4 Å². The van der Waals surface area contributed by atoms with Gasteiger partial charge in [0.2, 0.25) is 5.91 Å². The Hall–Kier alpha value is -0.220. The third kappa shape index (κ3) is 4.89. The molecule has 0 spiro atoms. The van der Waals surface area contributed by atoms with E-state index in [-0.39, 0.29) is 5.91 Å². The van der Waals surface area contributed by atoms with Crippen molar-refractivity contribution in [3.63, 3.8) is 0 Å². The van der Waals surface area contributed by atoms with E-state index in [1.54, 1.807) is 11.8 Å². The average molecular weight is 230 g/mol. The van der Waals surface area contributed by atoms with Crippen molar-refractivity contribution in [3.05, 3.63) is 0 Å². The fourth-order valence-electron chi connectivity index (χ4n) is 1.84. The summed E-state index contributed by atoms with van der Waals surface area (Å²) >= 11 is 1.80. The molecule has 0 radical (unpaired) electrons. The van der Waals surface area contributed by atoms with Crippen LogP contribution >= 0.6 is 11.8 Å². The molecule has 0 aromatic carbocycles. The Labute approximate surface area is 96.8 Å². The Balaban J connectivity index is 2.18. The maximum absolute atomic E-state index is 11.6. The van der Waals surface area contributed by atoms with Crippen LogP contribution in [0.1, 0.15) is 26.2 Å². The first-order valence-corrected chi connectivity index (χ1v) is 7.12. The Kier molecular flexibility index (Phi) is 6.10. The molecule has 0 bridgehead atoms. The molecule has 3 nitrogen and oxygen atoms in total. The lowest BCUT2D eigenvalue weighted by Gasteiger charge is -2.30. The van der Waals surface area contributed by atoms with Crippen molar-refractivity contribution in [2.24, 2.45) is 5.92 Å². The van der Waals surface area contributed by atoms with E-state index in [4.69, 9.17) is 0 Å². The van der Waals surface area contributed by atoms with Crippen molar-refractivity contribution in [2.45, 2.75) is 32.2 Å². The van der Waals surface area contributed by atoms with Crippen LogP contribution in [0.2, 0.25) is 0 Å². The second-order valence-electron chi connectivity index (χ2n) is 4.24. The first-order valence-electron chi connectivity index (χ1n) is 5.73. The zero-order valence-corrected chi connectivity index (χ0v) is 10.5. The lowest BCUT2D eigenvalue weighted by molar-refractivity contribution is -0.122. The third-order valence-electron chi connectivity index (χ3n) is 2.93. The number of carbonyl (C=O) groups is 1. The van der Waals surface area contributed by atoms with Gasteiger partial charge in [-0.05, 0) is 37.3 Å². The summed E-state index contributed by atoms with van der Waals surface area (Å²) in [6.45, 7) is 4.23. The van der Waals surface area contributed by atoms with E-state index in [1.807, 2.05) is 0 Å². The van der Waals surface area contributed by atoms with Gasteiger partial charge in [0.05, 0.1) is 0 Å². The number of nitrogens with one attached hydrogen (secondary N) is 2. The quantitative estimate of drug-likeness (QED) is 0.698. The van der Waals surface area contributed by atoms with E-state index in [1.165, 1.54) is 0 Å². The van der Waals surface area contributed by atoms with Crippen LogP contribution in [0, 0.1) is 5.92 Å². The predicted octanol–water partition coefficient (Wildman–Crippen LogP) is 1.24. The van der Waals surface area contributed by atoms with Crippen molar-refractivity contribution in [1.82, 2.24) is 10.6 Å². The van der Waals surface area contributed by atoms with Gasteiger partial charge < -0.3 is 10.6 Å². The van der Waals surface area contributed by atoms with Gasteiger partial charge in [0.1, 0.15) is 0 Å². The van der Waals surface area contributed by atoms with Crippen molar-refractivity contribution in [2.75, 3.05) is 25.1 Å². The summed E-state index contributed by atoms with van der Waals surface area (Å²) < 4.78 is 0. The Morgan fingerprint density at radius 3 is 3.07 bits per heavy atom. The minimum absolute atomic E-state index is 0.213. The predicted molar refractivity (Wildman–Crippen MR) is 66.2 cm³/mol. The van der Waals surface area contributed by atoms with Gasteiger partial charge in [-0.25, -0.2) is 0 Å². The summed E-state index contributed by atoms with van der Waals surface area (Å²) in [6.07, 6.45) is 4.90. The van der Waals surface area contributed by atoms with Crippen molar-refractivity contribution in [3.8, 4) is 0 Å². The molecule has 1 amide bonds. The number of hydrogen-bond donors (Lipinski definition) is 2. The molecule has 0 aromatic heterocycles. The summed E-state index contributed by atoms with van der Waals surface area (Å²) in [5.74, 6) is 1.90. The second-order valence-corrected chi connectivity index (χ2v) is 5.23. The second kappa shape index (κ2) is 7.12. The maximum atomic E-state index is 11.6. The molecular weight excluding hydrogens is 208 g/mol. The number of hydrogen-bond acceptors (Lipinski definition) is 3. The van der Waals surface area contributed by atoms with Crippen LogP contribution < -0.4 is 10.6 Å². The first kappa shape index (κ1) is 12.8. The molecular formula is C11H22N2OS. The van der Waals surface area contributed by atoms with Crippen LogP contribution in [0.5, 0.6) is 0 Å². The molecule has 88 valence electrons. The van der Waals surface area contributed by atoms with Crippen molar-refractivity contribution < 1.29 is 4.79 Å². The van der Waals surface area contributed by atoms with Gasteiger partial charge >= 0.3 is 0 Å². The SMILES string of the molecule is CSCCCC(=O)NC1CNCCC1C. The summed E-state index contributed by atoms with van der Waals surface area (Å²) in [4.78, 5) is 11.6. The smallest absolute Gasteiger partial charge is 0.220 e. The first-order chi connectivity index (χ1) is 7.24. The number of amides is 1. The van der Waals surface area contributed by atoms with Crippen LogP contribution in [0.4, 0.5) is 0 Å². The highest BCUT2D eigenvalue weighted by Crippen LogP contribution is 2.11. The molecule has 2 atom stereocenters. The Bertz CT molecular complexity index is 199. The molecule has 2 unspecified atom stereocenters. The topological polar surface area (TPSA) is 41.1 Å². The zero-order valence-electron chi connectivity index (χ0n) is 9.71. The molecule has 1 aliphatic heterocycles. The summed E-state index contributed by atoms with van der Waals surface area (Å²) in [7, 11) is 0. The molecule has 15 heavy (non-hydrogen) atoms. The number of rotatable bonds is 5. The van der Waals surface area contributed by atoms with Crippen LogP contribution in [0.25, 0.3) is 0 Å². The molecule has 1 aliphatic rings. The zero-order chi connectivity index (χ0) is 11.1. The van der Waals surface area contributed by atoms with Crippen LogP contribution in [-0.2, 0) is 4.79 Å². The van der Waals surface area contributed by atoms with Crippen molar-refractivity contribution in [1.29, 1.82) is 0 Å². The highest BCUT2D eigenvalue weighted by Gasteiger charge is 2.21. The number of thioether (sulfide) groups is 1. The van der Waals surface area contributed by atoms with E-state index in [0.717, 1.165) is 31.7 Å². The van der Waals surface area contributed by atoms with E-state index >= 15 is 0 Å². The Morgan fingerprint density at radius 2 is 2.40 bits per heavy atom. The fraction of sp³-hybridized carbons (Fsp3) is 0.909. The van der Waals surface area contributed by atoms with Gasteiger partial charge in [-0.3, -0.25) is 4.79 Å². The summed E-state index contributed by atoms with van der Waals surface area (Å²) in [6, 6.07) is 0.334. The largest absolute Gasteiger partial charge is 0.352 e. The maximum Gasteiger partial charge on any atom is 0.220 e. The van der Waals surface area contributed by atoms with Gasteiger partial charge in [0, 0.05) is 19.0 Å². The molecule has 2 N–H and O–H groups in total. The fourth-order valence-corrected chi connectivity index (χ4v) is 2.27. The lowest BCUT2D eigenvalue weighted by atomic mass is 9.95. The standard InChI is InChI=1S/C11H22N2OS/c1-9-5-6-12-8-10(9)13-11(14)4-3-7-15-2/h9-10,12H,3-8H2,1-2H3,(H,13,14). The van der Waals surface area contributed by atoms with Gasteiger partial charge in [-0.2, -0.15) is 11.8 Å². The van der Waals surface area contributed by atoms with Gasteiger partial charge in [0.15, 0.2) is 0 Å². The Morgan fingerprint density at radius 1 is 1.60 bits per heavy atom. The van der Waals surface area contributed by atoms with Crippen molar-refractivity contribution >= 4 is 17.7 Å². The third-order valence-corrected chi connectivity index (χ3v) is 3.62.